The lowest BCUT2D eigenvalue weighted by Gasteiger charge is -2.19. The standard InChI is InChI=1S/C37H74BrNO17/c1-37(2,3)56-36(40)39-5-7-42-9-11-44-13-15-46-17-19-48-21-23-50-25-27-52-29-31-54-33-35-55-34-32-53-30-28-51-26-24-49-22-20-47-18-16-45-14-12-43-10-8-41-6-4-38/h4-35H2,1-3H3,(H,39,40). The van der Waals surface area contributed by atoms with Crippen LogP contribution in [0.25, 0.3) is 0 Å². The molecule has 1 N–H and O–H groups in total. The van der Waals surface area contributed by atoms with E-state index in [0.29, 0.717) is 205 Å². The fourth-order valence-electron chi connectivity index (χ4n) is 3.77. The number of nitrogens with one attached hydrogen (secondary N) is 1. The highest BCUT2D eigenvalue weighted by molar-refractivity contribution is 9.09. The van der Waals surface area contributed by atoms with E-state index in [0.717, 1.165) is 5.33 Å². The van der Waals surface area contributed by atoms with Crippen LogP contribution in [-0.2, 0) is 75.8 Å². The Morgan fingerprint density at radius 1 is 0.339 bits per heavy atom. The van der Waals surface area contributed by atoms with E-state index in [1.807, 2.05) is 20.8 Å². The van der Waals surface area contributed by atoms with Crippen molar-refractivity contribution in [2.75, 3.05) is 210 Å². The molecule has 0 atom stereocenters. The van der Waals surface area contributed by atoms with Gasteiger partial charge in [-0.1, -0.05) is 15.9 Å². The summed E-state index contributed by atoms with van der Waals surface area (Å²) in [5, 5.41) is 3.46. The van der Waals surface area contributed by atoms with Crippen molar-refractivity contribution in [1.29, 1.82) is 0 Å². The van der Waals surface area contributed by atoms with Crippen LogP contribution in [0.4, 0.5) is 4.79 Å². The molecule has 0 aliphatic carbocycles. The first-order valence-electron chi connectivity index (χ1n) is 19.6. The monoisotopic (exact) mass is 883 g/mol. The molecule has 0 unspecified atom stereocenters. The number of alkyl halides is 1. The highest BCUT2D eigenvalue weighted by Gasteiger charge is 2.15. The normalized spacial score (nSPS) is 11.8. The number of hydrogen-bond donors (Lipinski definition) is 1. The van der Waals surface area contributed by atoms with E-state index < -0.39 is 11.7 Å². The molecule has 18 nitrogen and oxygen atoms in total. The van der Waals surface area contributed by atoms with Crippen molar-refractivity contribution in [2.45, 2.75) is 26.4 Å². The molecule has 0 fully saturated rings. The van der Waals surface area contributed by atoms with Gasteiger partial charge in [-0.3, -0.25) is 0 Å². The van der Waals surface area contributed by atoms with Gasteiger partial charge in [0.15, 0.2) is 0 Å². The Morgan fingerprint density at radius 2 is 0.518 bits per heavy atom. The Labute approximate surface area is 343 Å². The van der Waals surface area contributed by atoms with Crippen LogP contribution in [0.2, 0.25) is 0 Å². The maximum atomic E-state index is 11.5. The van der Waals surface area contributed by atoms with Crippen LogP contribution in [0.3, 0.4) is 0 Å². The molecule has 0 heterocycles. The van der Waals surface area contributed by atoms with Crippen LogP contribution in [0, 0.1) is 0 Å². The Kier molecular flexibility index (Phi) is 46.1. The fourth-order valence-corrected chi connectivity index (χ4v) is 4.00. The van der Waals surface area contributed by atoms with Crippen molar-refractivity contribution in [3.63, 3.8) is 0 Å². The van der Waals surface area contributed by atoms with E-state index in [4.69, 9.17) is 75.8 Å². The first kappa shape index (κ1) is 55.2. The number of alkyl carbamates (subject to hydrolysis) is 1. The largest absolute Gasteiger partial charge is 0.444 e. The van der Waals surface area contributed by atoms with Gasteiger partial charge in [-0.25, -0.2) is 4.79 Å². The molecule has 0 saturated heterocycles. The summed E-state index contributed by atoms with van der Waals surface area (Å²) in [6, 6.07) is 0. The summed E-state index contributed by atoms with van der Waals surface area (Å²) in [4.78, 5) is 11.5. The zero-order valence-corrected chi connectivity index (χ0v) is 36.0. The third kappa shape index (κ3) is 51.2. The summed E-state index contributed by atoms with van der Waals surface area (Å²) in [7, 11) is 0. The van der Waals surface area contributed by atoms with E-state index in [-0.39, 0.29) is 0 Å². The van der Waals surface area contributed by atoms with E-state index in [2.05, 4.69) is 21.2 Å². The number of ether oxygens (including phenoxy) is 16. The van der Waals surface area contributed by atoms with E-state index in [1.54, 1.807) is 0 Å². The van der Waals surface area contributed by atoms with Gasteiger partial charge in [-0.2, -0.15) is 0 Å². The zero-order chi connectivity index (χ0) is 40.7. The maximum absolute atomic E-state index is 11.5. The smallest absolute Gasteiger partial charge is 0.407 e. The summed E-state index contributed by atoms with van der Waals surface area (Å²) in [5.74, 6) is 0. The average molecular weight is 885 g/mol. The molecule has 1 amide bonds. The first-order chi connectivity index (χ1) is 27.5. The van der Waals surface area contributed by atoms with Gasteiger partial charge in [0.25, 0.3) is 0 Å². The Morgan fingerprint density at radius 3 is 0.696 bits per heavy atom. The number of amides is 1. The molecule has 0 aromatic rings. The van der Waals surface area contributed by atoms with Gasteiger partial charge in [0.2, 0.25) is 0 Å². The third-order valence-electron chi connectivity index (χ3n) is 6.34. The molecule has 0 aromatic heterocycles. The molecule has 336 valence electrons. The summed E-state index contributed by atoms with van der Waals surface area (Å²) < 4.78 is 86.9. The molecule has 56 heavy (non-hydrogen) atoms. The van der Waals surface area contributed by atoms with Gasteiger partial charge >= 0.3 is 6.09 Å². The zero-order valence-electron chi connectivity index (χ0n) is 34.4. The average Bonchev–Trinajstić information content (AvgIpc) is 3.17. The second-order valence-electron chi connectivity index (χ2n) is 12.3. The summed E-state index contributed by atoms with van der Waals surface area (Å²) >= 11 is 3.30. The van der Waals surface area contributed by atoms with Crippen molar-refractivity contribution < 1.29 is 80.6 Å². The van der Waals surface area contributed by atoms with Crippen molar-refractivity contribution in [2.24, 2.45) is 0 Å². The molecular formula is C37H74BrNO17. The second-order valence-corrected chi connectivity index (χ2v) is 13.1. The van der Waals surface area contributed by atoms with Crippen LogP contribution in [0.5, 0.6) is 0 Å². The molecule has 0 rings (SSSR count). The lowest BCUT2D eigenvalue weighted by atomic mass is 10.2. The molecule has 19 heteroatoms. The molecule has 0 saturated carbocycles. The molecule has 0 spiro atoms. The number of halogens is 1. The number of rotatable bonds is 47. The van der Waals surface area contributed by atoms with Crippen LogP contribution >= 0.6 is 15.9 Å². The topological polar surface area (TPSA) is 177 Å². The molecule has 0 aliphatic rings. The van der Waals surface area contributed by atoms with E-state index in [1.165, 1.54) is 0 Å². The third-order valence-corrected chi connectivity index (χ3v) is 6.67. The van der Waals surface area contributed by atoms with Gasteiger partial charge in [0.05, 0.1) is 198 Å². The lowest BCUT2D eigenvalue weighted by Crippen LogP contribution is -2.34. The van der Waals surface area contributed by atoms with Gasteiger partial charge in [-0.05, 0) is 20.8 Å². The SMILES string of the molecule is CC(C)(C)OC(=O)NCCOCCOCCOCCOCCOCCOCCOCCOCCOCCOCCOCCOCCOCCOCCOCCBr. The van der Waals surface area contributed by atoms with E-state index >= 15 is 0 Å². The van der Waals surface area contributed by atoms with Crippen LogP contribution in [-0.4, -0.2) is 222 Å². The Bertz CT molecular complexity index is 773. The summed E-state index contributed by atoms with van der Waals surface area (Å²) in [6.45, 7) is 20.9. The quantitative estimate of drug-likeness (QED) is 0.0695. The minimum absolute atomic E-state index is 0.379. The highest BCUT2D eigenvalue weighted by Crippen LogP contribution is 2.06. The summed E-state index contributed by atoms with van der Waals surface area (Å²) in [6.07, 6.45) is -0.455. The number of carbonyl (C=O) groups is 1. The van der Waals surface area contributed by atoms with Crippen molar-refractivity contribution >= 4 is 22.0 Å². The van der Waals surface area contributed by atoms with E-state index in [9.17, 15) is 4.79 Å². The predicted octanol–water partition coefficient (Wildman–Crippen LogP) is 2.16. The van der Waals surface area contributed by atoms with Gasteiger partial charge in [0, 0.05) is 11.9 Å². The molecule has 0 radical (unpaired) electrons. The number of hydrogen-bond acceptors (Lipinski definition) is 17. The fraction of sp³-hybridized carbons (Fsp3) is 0.973. The molecular weight excluding hydrogens is 810 g/mol. The Hall–Kier alpha value is -0.850. The molecule has 0 bridgehead atoms. The van der Waals surface area contributed by atoms with Crippen molar-refractivity contribution in [1.82, 2.24) is 5.32 Å². The van der Waals surface area contributed by atoms with Crippen molar-refractivity contribution in [3.05, 3.63) is 0 Å². The maximum Gasteiger partial charge on any atom is 0.407 e. The molecule has 0 aromatic carbocycles. The summed E-state index contributed by atoms with van der Waals surface area (Å²) in [5.41, 5.74) is -0.515. The van der Waals surface area contributed by atoms with Crippen LogP contribution < -0.4 is 5.32 Å². The lowest BCUT2D eigenvalue weighted by molar-refractivity contribution is -0.0299. The van der Waals surface area contributed by atoms with Gasteiger partial charge < -0.3 is 81.1 Å². The minimum Gasteiger partial charge on any atom is -0.444 e. The Balaban J connectivity index is 3.09. The minimum atomic E-state index is -0.515. The van der Waals surface area contributed by atoms with Gasteiger partial charge in [0.1, 0.15) is 5.60 Å². The predicted molar refractivity (Wildman–Crippen MR) is 210 cm³/mol. The van der Waals surface area contributed by atoms with Crippen LogP contribution in [0.1, 0.15) is 20.8 Å². The first-order valence-corrected chi connectivity index (χ1v) is 20.8. The number of carbonyl (C=O) groups excluding carboxylic acids is 1. The highest BCUT2D eigenvalue weighted by atomic mass is 79.9. The second kappa shape index (κ2) is 46.8. The van der Waals surface area contributed by atoms with Crippen molar-refractivity contribution in [3.8, 4) is 0 Å². The molecule has 0 aliphatic heterocycles. The van der Waals surface area contributed by atoms with Crippen LogP contribution in [0.15, 0.2) is 0 Å². The van der Waals surface area contributed by atoms with Gasteiger partial charge in [-0.15, -0.1) is 0 Å².